The molecule has 3 atom stereocenters. The van der Waals surface area contributed by atoms with Crippen LogP contribution in [0.5, 0.6) is 0 Å². The molecule has 0 aromatic heterocycles. The Bertz CT molecular complexity index is 529. The monoisotopic (exact) mass is 266 g/mol. The topological polar surface area (TPSA) is 63.4 Å². The predicted molar refractivity (Wildman–Crippen MR) is 69.4 cm³/mol. The minimum absolute atomic E-state index is 0.172. The van der Waals surface area contributed by atoms with Crippen molar-refractivity contribution < 1.29 is 8.42 Å². The van der Waals surface area contributed by atoms with Gasteiger partial charge < -0.3 is 5.73 Å². The van der Waals surface area contributed by atoms with Crippen molar-refractivity contribution in [3.63, 3.8) is 0 Å². The molecule has 0 radical (unpaired) electrons. The van der Waals surface area contributed by atoms with Crippen LogP contribution < -0.4 is 5.73 Å². The lowest BCUT2D eigenvalue weighted by Crippen LogP contribution is -2.33. The summed E-state index contributed by atoms with van der Waals surface area (Å²) >= 11 is 0. The average molecular weight is 266 g/mol. The molecule has 1 aromatic rings. The predicted octanol–water partition coefficient (Wildman–Crippen LogP) is 1.04. The Morgan fingerprint density at radius 1 is 1.11 bits per heavy atom. The summed E-state index contributed by atoms with van der Waals surface area (Å²) in [6.07, 6.45) is 2.10. The van der Waals surface area contributed by atoms with Crippen LogP contribution in [-0.4, -0.2) is 31.9 Å². The van der Waals surface area contributed by atoms with Crippen molar-refractivity contribution in [2.24, 2.45) is 17.6 Å². The average Bonchev–Trinajstić information content (AvgIpc) is 2.94. The lowest BCUT2D eigenvalue weighted by Gasteiger charge is -2.18. The molecule has 5 heteroatoms. The van der Waals surface area contributed by atoms with E-state index in [0.717, 1.165) is 12.8 Å². The SMILES string of the molecule is N[C@@H]1CC[C@@H]2CN(S(=O)(=O)c3ccccc3)C[C@H]21. The van der Waals surface area contributed by atoms with Crippen molar-refractivity contribution in [1.29, 1.82) is 0 Å². The molecule has 1 aliphatic carbocycles. The van der Waals surface area contributed by atoms with Gasteiger partial charge in [0.2, 0.25) is 10.0 Å². The van der Waals surface area contributed by atoms with Crippen molar-refractivity contribution in [3.8, 4) is 0 Å². The van der Waals surface area contributed by atoms with E-state index in [2.05, 4.69) is 0 Å². The third-order valence-corrected chi connectivity index (χ3v) is 6.11. The van der Waals surface area contributed by atoms with Gasteiger partial charge in [-0.2, -0.15) is 4.31 Å². The smallest absolute Gasteiger partial charge is 0.243 e. The van der Waals surface area contributed by atoms with Crippen LogP contribution in [0.25, 0.3) is 0 Å². The van der Waals surface area contributed by atoms with E-state index in [9.17, 15) is 8.42 Å². The Labute approximate surface area is 108 Å². The van der Waals surface area contributed by atoms with Crippen molar-refractivity contribution in [3.05, 3.63) is 30.3 Å². The maximum atomic E-state index is 12.5. The zero-order chi connectivity index (χ0) is 12.8. The molecule has 18 heavy (non-hydrogen) atoms. The molecule has 0 unspecified atom stereocenters. The van der Waals surface area contributed by atoms with Crippen molar-refractivity contribution in [1.82, 2.24) is 4.31 Å². The molecule has 4 nitrogen and oxygen atoms in total. The number of benzene rings is 1. The molecule has 3 rings (SSSR count). The number of sulfonamides is 1. The van der Waals surface area contributed by atoms with Crippen LogP contribution in [0.4, 0.5) is 0 Å². The van der Waals surface area contributed by atoms with E-state index in [4.69, 9.17) is 5.73 Å². The molecule has 0 spiro atoms. The largest absolute Gasteiger partial charge is 0.327 e. The Morgan fingerprint density at radius 3 is 2.50 bits per heavy atom. The highest BCUT2D eigenvalue weighted by Gasteiger charge is 2.44. The van der Waals surface area contributed by atoms with Gasteiger partial charge in [0.05, 0.1) is 4.90 Å². The van der Waals surface area contributed by atoms with Crippen LogP contribution in [0.15, 0.2) is 35.2 Å². The van der Waals surface area contributed by atoms with Gasteiger partial charge in [-0.15, -0.1) is 0 Å². The summed E-state index contributed by atoms with van der Waals surface area (Å²) in [6, 6.07) is 8.83. The Hall–Kier alpha value is -0.910. The van der Waals surface area contributed by atoms with E-state index < -0.39 is 10.0 Å². The lowest BCUT2D eigenvalue weighted by atomic mass is 9.98. The first-order valence-corrected chi connectivity index (χ1v) is 7.84. The van der Waals surface area contributed by atoms with Crippen LogP contribution in [0.1, 0.15) is 12.8 Å². The molecule has 1 saturated heterocycles. The van der Waals surface area contributed by atoms with Crippen LogP contribution >= 0.6 is 0 Å². The van der Waals surface area contributed by atoms with Crippen LogP contribution in [0.3, 0.4) is 0 Å². The molecular formula is C13H18N2O2S. The summed E-state index contributed by atoms with van der Waals surface area (Å²) in [5.41, 5.74) is 6.04. The third kappa shape index (κ3) is 1.86. The van der Waals surface area contributed by atoms with Crippen molar-refractivity contribution >= 4 is 10.0 Å². The number of nitrogens with zero attached hydrogens (tertiary/aromatic N) is 1. The summed E-state index contributed by atoms with van der Waals surface area (Å²) in [6.45, 7) is 1.22. The Balaban J connectivity index is 1.85. The zero-order valence-corrected chi connectivity index (χ0v) is 11.0. The van der Waals surface area contributed by atoms with Crippen molar-refractivity contribution in [2.75, 3.05) is 13.1 Å². The number of hydrogen-bond acceptors (Lipinski definition) is 3. The summed E-state index contributed by atoms with van der Waals surface area (Å²) in [5.74, 6) is 0.807. The highest BCUT2D eigenvalue weighted by Crippen LogP contribution is 2.39. The first-order chi connectivity index (χ1) is 8.59. The quantitative estimate of drug-likeness (QED) is 0.870. The van der Waals surface area contributed by atoms with Gasteiger partial charge in [-0.3, -0.25) is 0 Å². The molecule has 2 aliphatic rings. The van der Waals surface area contributed by atoms with Gasteiger partial charge in [0, 0.05) is 19.1 Å². The second kappa shape index (κ2) is 4.33. The van der Waals surface area contributed by atoms with E-state index in [-0.39, 0.29) is 6.04 Å². The van der Waals surface area contributed by atoms with Crippen LogP contribution in [0, 0.1) is 11.8 Å². The fourth-order valence-corrected chi connectivity index (χ4v) is 4.76. The molecular weight excluding hydrogens is 248 g/mol. The second-order valence-corrected chi connectivity index (χ2v) is 7.24. The molecule has 98 valence electrons. The Morgan fingerprint density at radius 2 is 1.83 bits per heavy atom. The molecule has 1 aliphatic heterocycles. The molecule has 1 heterocycles. The molecule has 0 amide bonds. The summed E-state index contributed by atoms with van der Waals surface area (Å²) in [4.78, 5) is 0.388. The summed E-state index contributed by atoms with van der Waals surface area (Å²) in [5, 5.41) is 0. The maximum Gasteiger partial charge on any atom is 0.243 e. The standard InChI is InChI=1S/C13H18N2O2S/c14-13-7-6-10-8-15(9-12(10)13)18(16,17)11-4-2-1-3-5-11/h1-5,10,12-13H,6-9,14H2/t10-,12-,13-/m1/s1. The minimum atomic E-state index is -3.33. The fraction of sp³-hybridized carbons (Fsp3) is 0.538. The Kier molecular flexibility index (Phi) is 2.92. The molecule has 2 N–H and O–H groups in total. The van der Waals surface area contributed by atoms with Gasteiger partial charge in [0.25, 0.3) is 0 Å². The minimum Gasteiger partial charge on any atom is -0.327 e. The highest BCUT2D eigenvalue weighted by molar-refractivity contribution is 7.89. The number of fused-ring (bicyclic) bond motifs is 1. The number of nitrogens with two attached hydrogens (primary N) is 1. The molecule has 0 bridgehead atoms. The van der Waals surface area contributed by atoms with Crippen LogP contribution in [0.2, 0.25) is 0 Å². The first-order valence-electron chi connectivity index (χ1n) is 6.40. The normalized spacial score (nSPS) is 32.6. The summed E-state index contributed by atoms with van der Waals surface area (Å²) < 4.78 is 26.5. The molecule has 1 saturated carbocycles. The van der Waals surface area contributed by atoms with E-state index >= 15 is 0 Å². The lowest BCUT2D eigenvalue weighted by molar-refractivity contribution is 0.427. The number of rotatable bonds is 2. The fourth-order valence-electron chi connectivity index (χ4n) is 3.20. The first kappa shape index (κ1) is 12.1. The van der Waals surface area contributed by atoms with Gasteiger partial charge in [-0.05, 0) is 36.8 Å². The van der Waals surface area contributed by atoms with E-state index in [1.165, 1.54) is 0 Å². The maximum absolute atomic E-state index is 12.5. The van der Waals surface area contributed by atoms with E-state index in [0.29, 0.717) is 29.8 Å². The third-order valence-electron chi connectivity index (χ3n) is 4.26. The van der Waals surface area contributed by atoms with E-state index in [1.807, 2.05) is 6.07 Å². The zero-order valence-electron chi connectivity index (χ0n) is 10.2. The molecule has 1 aromatic carbocycles. The molecule has 2 fully saturated rings. The van der Waals surface area contributed by atoms with Gasteiger partial charge in [-0.1, -0.05) is 18.2 Å². The number of hydrogen-bond donors (Lipinski definition) is 1. The van der Waals surface area contributed by atoms with Gasteiger partial charge in [0.15, 0.2) is 0 Å². The van der Waals surface area contributed by atoms with Crippen molar-refractivity contribution in [2.45, 2.75) is 23.8 Å². The van der Waals surface area contributed by atoms with Gasteiger partial charge in [0.1, 0.15) is 0 Å². The second-order valence-electron chi connectivity index (χ2n) is 5.30. The van der Waals surface area contributed by atoms with Gasteiger partial charge in [-0.25, -0.2) is 8.42 Å². The van der Waals surface area contributed by atoms with Gasteiger partial charge >= 0.3 is 0 Å². The van der Waals surface area contributed by atoms with Crippen LogP contribution in [-0.2, 0) is 10.0 Å². The van der Waals surface area contributed by atoms with E-state index in [1.54, 1.807) is 28.6 Å². The summed E-state index contributed by atoms with van der Waals surface area (Å²) in [7, 11) is -3.33. The highest BCUT2D eigenvalue weighted by atomic mass is 32.2.